The Morgan fingerprint density at radius 2 is 1.14 bits per heavy atom. The predicted octanol–water partition coefficient (Wildman–Crippen LogP) is 6.57. The van der Waals surface area contributed by atoms with Gasteiger partial charge in [-0.05, 0) is 61.5 Å². The Hall–Kier alpha value is -1.04. The molecule has 0 aliphatic heterocycles. The average Bonchev–Trinajstić information content (AvgIpc) is 2.49. The zero-order valence-electron chi connectivity index (χ0n) is 14.9. The van der Waals surface area contributed by atoms with Gasteiger partial charge in [0.2, 0.25) is 0 Å². The smallest absolute Gasteiger partial charge is 0.0205 e. The molecule has 4 rings (SSSR count). The highest BCUT2D eigenvalue weighted by Crippen LogP contribution is 2.43. The lowest BCUT2D eigenvalue weighted by molar-refractivity contribution is 0.152. The maximum Gasteiger partial charge on any atom is -0.0205 e. The Kier molecular flexibility index (Phi) is 7.78. The maximum atomic E-state index is 2.44. The number of rotatable bonds is 0. The zero-order valence-corrected chi connectivity index (χ0v) is 14.9. The van der Waals surface area contributed by atoms with Crippen molar-refractivity contribution in [3.63, 3.8) is 0 Å². The van der Waals surface area contributed by atoms with Crippen LogP contribution in [0.4, 0.5) is 0 Å². The standard InChI is InChI=1S/C10H16.C8H10.C3H8/c1-7-8(2)10-5-3-9(7)4-6-10;1-7-5-3-4-6-8(7)2;1-3-2/h3,5,7-10H,4,6H2,1-2H3;3-6H,1-2H3;3H2,1-2H3. The van der Waals surface area contributed by atoms with Crippen LogP contribution in [0.25, 0.3) is 0 Å². The summed E-state index contributed by atoms with van der Waals surface area (Å²) in [6, 6.07) is 8.36. The normalized spacial score (nSPS) is 29.0. The summed E-state index contributed by atoms with van der Waals surface area (Å²) in [5.41, 5.74) is 2.74. The van der Waals surface area contributed by atoms with Crippen molar-refractivity contribution in [3.8, 4) is 0 Å². The fourth-order valence-electron chi connectivity index (χ4n) is 3.18. The van der Waals surface area contributed by atoms with Crippen molar-refractivity contribution in [1.82, 2.24) is 0 Å². The van der Waals surface area contributed by atoms with E-state index in [4.69, 9.17) is 0 Å². The van der Waals surface area contributed by atoms with Gasteiger partial charge in [0.15, 0.2) is 0 Å². The predicted molar refractivity (Wildman–Crippen MR) is 95.6 cm³/mol. The molecule has 0 radical (unpaired) electrons. The Morgan fingerprint density at radius 3 is 1.33 bits per heavy atom. The van der Waals surface area contributed by atoms with Crippen molar-refractivity contribution >= 4 is 0 Å². The summed E-state index contributed by atoms with van der Waals surface area (Å²) >= 11 is 0. The number of hydrogen-bond donors (Lipinski definition) is 0. The van der Waals surface area contributed by atoms with E-state index in [2.05, 4.69) is 78.0 Å². The van der Waals surface area contributed by atoms with E-state index in [0.29, 0.717) is 0 Å². The number of hydrogen-bond acceptors (Lipinski definition) is 0. The molecule has 1 saturated carbocycles. The summed E-state index contributed by atoms with van der Waals surface area (Å²) in [5, 5.41) is 0. The average molecular weight is 287 g/mol. The molecule has 0 N–H and O–H groups in total. The molecule has 4 atom stereocenters. The summed E-state index contributed by atoms with van der Waals surface area (Å²) < 4.78 is 0. The molecule has 21 heavy (non-hydrogen) atoms. The number of allylic oxidation sites excluding steroid dienone is 2. The van der Waals surface area contributed by atoms with Crippen LogP contribution < -0.4 is 0 Å². The fraction of sp³-hybridized carbons (Fsp3) is 0.619. The minimum absolute atomic E-state index is 0.917. The minimum Gasteiger partial charge on any atom is -0.0849 e. The van der Waals surface area contributed by atoms with Crippen LogP contribution in [0.3, 0.4) is 0 Å². The molecule has 4 unspecified atom stereocenters. The Bertz CT molecular complexity index is 390. The molecule has 0 saturated heterocycles. The van der Waals surface area contributed by atoms with Gasteiger partial charge in [-0.15, -0.1) is 0 Å². The molecule has 118 valence electrons. The number of fused-ring (bicyclic) bond motifs is 2. The van der Waals surface area contributed by atoms with Gasteiger partial charge in [0.05, 0.1) is 0 Å². The first-order valence-electron chi connectivity index (χ1n) is 8.71. The highest BCUT2D eigenvalue weighted by molar-refractivity contribution is 5.23. The van der Waals surface area contributed by atoms with Crippen LogP contribution >= 0.6 is 0 Å². The molecule has 0 spiro atoms. The lowest BCUT2D eigenvalue weighted by Crippen LogP contribution is -2.33. The molecule has 1 aromatic carbocycles. The topological polar surface area (TPSA) is 0 Å². The van der Waals surface area contributed by atoms with Crippen molar-refractivity contribution in [2.24, 2.45) is 23.7 Å². The highest BCUT2D eigenvalue weighted by atomic mass is 14.4. The van der Waals surface area contributed by atoms with Crippen LogP contribution in [0.15, 0.2) is 36.4 Å². The van der Waals surface area contributed by atoms with Crippen LogP contribution in [0.5, 0.6) is 0 Å². The quantitative estimate of drug-likeness (QED) is 0.473. The largest absolute Gasteiger partial charge is 0.0849 e. The van der Waals surface area contributed by atoms with Gasteiger partial charge in [-0.3, -0.25) is 0 Å². The molecular weight excluding hydrogens is 252 g/mol. The van der Waals surface area contributed by atoms with E-state index in [0.717, 1.165) is 23.7 Å². The zero-order chi connectivity index (χ0) is 15.8. The first-order chi connectivity index (χ1) is 10.0. The van der Waals surface area contributed by atoms with Crippen molar-refractivity contribution in [3.05, 3.63) is 47.5 Å². The van der Waals surface area contributed by atoms with Crippen LogP contribution in [-0.4, -0.2) is 0 Å². The summed E-state index contributed by atoms with van der Waals surface area (Å²) in [5.74, 6) is 3.73. The summed E-state index contributed by atoms with van der Waals surface area (Å²) in [6.45, 7) is 13.3. The maximum absolute atomic E-state index is 2.44. The molecule has 3 aliphatic rings. The summed E-state index contributed by atoms with van der Waals surface area (Å²) in [6.07, 6.45) is 9.04. The molecule has 2 bridgehead atoms. The van der Waals surface area contributed by atoms with Gasteiger partial charge in [-0.2, -0.15) is 0 Å². The van der Waals surface area contributed by atoms with Crippen molar-refractivity contribution in [2.45, 2.75) is 60.8 Å². The number of aryl methyl sites for hydroxylation is 2. The second-order valence-electron chi connectivity index (χ2n) is 6.80. The van der Waals surface area contributed by atoms with E-state index in [1.165, 1.54) is 30.4 Å². The van der Waals surface area contributed by atoms with Gasteiger partial charge in [-0.1, -0.05) is 70.5 Å². The van der Waals surface area contributed by atoms with Gasteiger partial charge < -0.3 is 0 Å². The monoisotopic (exact) mass is 286 g/mol. The summed E-state index contributed by atoms with van der Waals surface area (Å²) in [7, 11) is 0. The van der Waals surface area contributed by atoms with Gasteiger partial charge in [-0.25, -0.2) is 0 Å². The van der Waals surface area contributed by atoms with E-state index >= 15 is 0 Å². The Labute approximate surface area is 132 Å². The fourth-order valence-corrected chi connectivity index (χ4v) is 3.18. The van der Waals surface area contributed by atoms with Crippen LogP contribution in [0.2, 0.25) is 0 Å². The SMILES string of the molecule is CC1C2C=CC(CC2)C1C.CCC.Cc1ccccc1C. The van der Waals surface area contributed by atoms with Gasteiger partial charge >= 0.3 is 0 Å². The number of benzene rings is 1. The molecule has 0 amide bonds. The third-order valence-corrected chi connectivity index (χ3v) is 5.04. The molecule has 0 heterocycles. The van der Waals surface area contributed by atoms with E-state index in [-0.39, 0.29) is 0 Å². The van der Waals surface area contributed by atoms with Gasteiger partial charge in [0.1, 0.15) is 0 Å². The van der Waals surface area contributed by atoms with Gasteiger partial charge in [0.25, 0.3) is 0 Å². The van der Waals surface area contributed by atoms with Gasteiger partial charge in [0, 0.05) is 0 Å². The van der Waals surface area contributed by atoms with Crippen LogP contribution in [0, 0.1) is 37.5 Å². The molecular formula is C21H34. The second kappa shape index (κ2) is 9.07. The van der Waals surface area contributed by atoms with E-state index < -0.39 is 0 Å². The van der Waals surface area contributed by atoms with E-state index in [1.54, 1.807) is 0 Å². The molecule has 0 aromatic heterocycles. The van der Waals surface area contributed by atoms with Crippen LogP contribution in [-0.2, 0) is 0 Å². The van der Waals surface area contributed by atoms with Crippen molar-refractivity contribution in [2.75, 3.05) is 0 Å². The highest BCUT2D eigenvalue weighted by Gasteiger charge is 2.34. The molecule has 1 fully saturated rings. The molecule has 3 aliphatic carbocycles. The third-order valence-electron chi connectivity index (χ3n) is 5.04. The Morgan fingerprint density at radius 1 is 0.810 bits per heavy atom. The first-order valence-corrected chi connectivity index (χ1v) is 8.71. The third kappa shape index (κ3) is 5.34. The lowest BCUT2D eigenvalue weighted by atomic mass is 9.64. The molecule has 0 heteroatoms. The summed E-state index contributed by atoms with van der Waals surface area (Å²) in [4.78, 5) is 0. The molecule has 1 aromatic rings. The Balaban J connectivity index is 0.000000181. The minimum atomic E-state index is 0.917. The molecule has 0 nitrogen and oxygen atoms in total. The first kappa shape index (κ1) is 18.0. The van der Waals surface area contributed by atoms with E-state index in [1.807, 2.05) is 0 Å². The van der Waals surface area contributed by atoms with Crippen LogP contribution in [0.1, 0.15) is 58.1 Å². The lowest BCUT2D eigenvalue weighted by Gasteiger charge is -2.41. The van der Waals surface area contributed by atoms with Crippen molar-refractivity contribution in [1.29, 1.82) is 0 Å². The van der Waals surface area contributed by atoms with E-state index in [9.17, 15) is 0 Å². The second-order valence-corrected chi connectivity index (χ2v) is 6.80. The van der Waals surface area contributed by atoms with Crippen molar-refractivity contribution < 1.29 is 0 Å².